The Labute approximate surface area is 120 Å². The Hall–Kier alpha value is -1.35. The van der Waals surface area contributed by atoms with Crippen LogP contribution in [0.1, 0.15) is 37.3 Å². The van der Waals surface area contributed by atoms with Crippen molar-refractivity contribution in [3.05, 3.63) is 35.4 Å². The summed E-state index contributed by atoms with van der Waals surface area (Å²) in [6.07, 6.45) is 1.69. The lowest BCUT2D eigenvalue weighted by Gasteiger charge is -2.12. The number of rotatable bonds is 5. The van der Waals surface area contributed by atoms with Crippen LogP contribution >= 0.6 is 0 Å². The normalized spacial score (nSPS) is 27.4. The van der Waals surface area contributed by atoms with Crippen molar-refractivity contribution in [1.82, 2.24) is 5.32 Å². The van der Waals surface area contributed by atoms with Gasteiger partial charge in [-0.3, -0.25) is 4.79 Å². The molecular weight excluding hydrogens is 250 g/mol. The maximum atomic E-state index is 12.0. The summed E-state index contributed by atoms with van der Waals surface area (Å²) in [5.74, 6) is 1.34. The molecule has 1 aromatic carbocycles. The zero-order chi connectivity index (χ0) is 14.2. The third kappa shape index (κ3) is 2.73. The summed E-state index contributed by atoms with van der Waals surface area (Å²) in [6, 6.07) is 8.36. The van der Waals surface area contributed by atoms with Gasteiger partial charge in [0.25, 0.3) is 0 Å². The highest BCUT2D eigenvalue weighted by atomic mass is 16.5. The minimum atomic E-state index is 0.120. The topological polar surface area (TPSA) is 38.3 Å². The fraction of sp³-hybridized carbons (Fsp3) is 0.588. The molecule has 3 heteroatoms. The summed E-state index contributed by atoms with van der Waals surface area (Å²) in [7, 11) is 0. The molecule has 1 heterocycles. The molecule has 3 nitrogen and oxygen atoms in total. The van der Waals surface area contributed by atoms with E-state index >= 15 is 0 Å². The molecule has 2 fully saturated rings. The molecule has 0 unspecified atom stereocenters. The Morgan fingerprint density at radius 1 is 1.40 bits per heavy atom. The van der Waals surface area contributed by atoms with Crippen LogP contribution in [0.25, 0.3) is 0 Å². The van der Waals surface area contributed by atoms with Crippen molar-refractivity contribution >= 4 is 5.91 Å². The highest BCUT2D eigenvalue weighted by molar-refractivity contribution is 5.78. The van der Waals surface area contributed by atoms with E-state index in [2.05, 4.69) is 43.4 Å². The summed E-state index contributed by atoms with van der Waals surface area (Å²) in [6.45, 7) is 6.83. The monoisotopic (exact) mass is 273 g/mol. The van der Waals surface area contributed by atoms with Crippen molar-refractivity contribution in [2.45, 2.75) is 32.6 Å². The van der Waals surface area contributed by atoms with Crippen molar-refractivity contribution in [3.63, 3.8) is 0 Å². The Bertz CT molecular complexity index is 494. The van der Waals surface area contributed by atoms with Gasteiger partial charge >= 0.3 is 0 Å². The Morgan fingerprint density at radius 2 is 2.15 bits per heavy atom. The van der Waals surface area contributed by atoms with Gasteiger partial charge in [-0.15, -0.1) is 0 Å². The number of benzene rings is 1. The van der Waals surface area contributed by atoms with E-state index in [0.717, 1.165) is 25.3 Å². The average molecular weight is 273 g/mol. The molecule has 1 N–H and O–H groups in total. The smallest absolute Gasteiger partial charge is 0.224 e. The fourth-order valence-corrected chi connectivity index (χ4v) is 3.06. The first-order chi connectivity index (χ1) is 9.59. The minimum absolute atomic E-state index is 0.120. The Morgan fingerprint density at radius 3 is 2.70 bits per heavy atom. The fourth-order valence-electron chi connectivity index (χ4n) is 3.06. The first-order valence-corrected chi connectivity index (χ1v) is 7.52. The predicted octanol–water partition coefficient (Wildman–Crippen LogP) is 2.51. The van der Waals surface area contributed by atoms with E-state index in [0.29, 0.717) is 18.3 Å². The predicted molar refractivity (Wildman–Crippen MR) is 78.6 cm³/mol. The van der Waals surface area contributed by atoms with E-state index in [4.69, 9.17) is 4.74 Å². The van der Waals surface area contributed by atoms with Crippen molar-refractivity contribution in [3.8, 4) is 0 Å². The lowest BCUT2D eigenvalue weighted by Crippen LogP contribution is -2.32. The van der Waals surface area contributed by atoms with Gasteiger partial charge in [-0.05, 0) is 29.4 Å². The van der Waals surface area contributed by atoms with Crippen LogP contribution in [-0.4, -0.2) is 25.7 Å². The highest BCUT2D eigenvalue weighted by Crippen LogP contribution is 2.56. The van der Waals surface area contributed by atoms with E-state index in [-0.39, 0.29) is 11.3 Å². The van der Waals surface area contributed by atoms with Gasteiger partial charge < -0.3 is 10.1 Å². The van der Waals surface area contributed by atoms with Crippen LogP contribution in [0, 0.1) is 11.3 Å². The molecular formula is C17H23NO2. The molecule has 2 atom stereocenters. The second-order valence-electron chi connectivity index (χ2n) is 6.63. The molecule has 2 aliphatic rings. The summed E-state index contributed by atoms with van der Waals surface area (Å²) in [4.78, 5) is 12.0. The van der Waals surface area contributed by atoms with Crippen LogP contribution in [0.3, 0.4) is 0 Å². The first kappa shape index (κ1) is 13.6. The van der Waals surface area contributed by atoms with Crippen LogP contribution in [0.2, 0.25) is 0 Å². The number of hydrogen-bond donors (Lipinski definition) is 1. The zero-order valence-corrected chi connectivity index (χ0v) is 12.3. The second-order valence-corrected chi connectivity index (χ2v) is 6.63. The van der Waals surface area contributed by atoms with Crippen molar-refractivity contribution in [2.75, 3.05) is 19.8 Å². The third-order valence-electron chi connectivity index (χ3n) is 4.72. The van der Waals surface area contributed by atoms with Gasteiger partial charge in [-0.2, -0.15) is 0 Å². The first-order valence-electron chi connectivity index (χ1n) is 7.52. The molecule has 1 amide bonds. The van der Waals surface area contributed by atoms with Crippen LogP contribution in [-0.2, 0) is 16.0 Å². The SMILES string of the molecule is CC(C)c1ccc(CC(=O)NC[C@@]23COC[C@@H]2C3)cc1. The summed E-state index contributed by atoms with van der Waals surface area (Å²) in [5.41, 5.74) is 2.67. The number of carbonyl (C=O) groups excluding carboxylic acids is 1. The Kier molecular flexibility index (Phi) is 3.55. The zero-order valence-electron chi connectivity index (χ0n) is 12.3. The van der Waals surface area contributed by atoms with Gasteiger partial charge in [-0.25, -0.2) is 0 Å². The molecule has 1 aromatic rings. The second kappa shape index (κ2) is 5.21. The molecule has 1 aliphatic carbocycles. The lowest BCUT2D eigenvalue weighted by atomic mass is 10.0. The summed E-state index contributed by atoms with van der Waals surface area (Å²) >= 11 is 0. The van der Waals surface area contributed by atoms with E-state index < -0.39 is 0 Å². The molecule has 20 heavy (non-hydrogen) atoms. The van der Waals surface area contributed by atoms with E-state index in [1.54, 1.807) is 0 Å². The van der Waals surface area contributed by atoms with Gasteiger partial charge in [0.15, 0.2) is 0 Å². The molecule has 108 valence electrons. The molecule has 3 rings (SSSR count). The van der Waals surface area contributed by atoms with Gasteiger partial charge in [0.05, 0.1) is 19.6 Å². The van der Waals surface area contributed by atoms with E-state index in [9.17, 15) is 4.79 Å². The number of hydrogen-bond acceptors (Lipinski definition) is 2. The minimum Gasteiger partial charge on any atom is -0.380 e. The maximum absolute atomic E-state index is 12.0. The van der Waals surface area contributed by atoms with Crippen molar-refractivity contribution in [2.24, 2.45) is 11.3 Å². The molecule has 0 aromatic heterocycles. The summed E-state index contributed by atoms with van der Waals surface area (Å²) < 4.78 is 5.44. The molecule has 0 spiro atoms. The number of nitrogens with one attached hydrogen (secondary N) is 1. The molecule has 1 saturated carbocycles. The largest absolute Gasteiger partial charge is 0.380 e. The van der Waals surface area contributed by atoms with Gasteiger partial charge in [0.2, 0.25) is 5.91 Å². The number of carbonyl (C=O) groups is 1. The summed E-state index contributed by atoms with van der Waals surface area (Å²) in [5, 5.41) is 3.07. The highest BCUT2D eigenvalue weighted by Gasteiger charge is 2.58. The Balaban J connectivity index is 1.49. The molecule has 0 bridgehead atoms. The van der Waals surface area contributed by atoms with E-state index in [1.165, 1.54) is 12.0 Å². The van der Waals surface area contributed by atoms with Crippen molar-refractivity contribution in [1.29, 1.82) is 0 Å². The standard InChI is InChI=1S/C17H23NO2/c1-12(2)14-5-3-13(4-6-14)7-16(19)18-10-17-8-15(17)9-20-11-17/h3-6,12,15H,7-11H2,1-2H3,(H,18,19)/t15-,17-/m0/s1. The third-order valence-corrected chi connectivity index (χ3v) is 4.72. The molecule has 0 radical (unpaired) electrons. The lowest BCUT2D eigenvalue weighted by molar-refractivity contribution is -0.120. The van der Waals surface area contributed by atoms with E-state index in [1.807, 2.05) is 0 Å². The van der Waals surface area contributed by atoms with Crippen LogP contribution in [0.15, 0.2) is 24.3 Å². The average Bonchev–Trinajstić information content (AvgIpc) is 2.98. The van der Waals surface area contributed by atoms with Gasteiger partial charge in [0, 0.05) is 12.0 Å². The number of amides is 1. The van der Waals surface area contributed by atoms with Crippen LogP contribution < -0.4 is 5.32 Å². The molecule has 1 aliphatic heterocycles. The molecule has 1 saturated heterocycles. The van der Waals surface area contributed by atoms with Crippen LogP contribution in [0.4, 0.5) is 0 Å². The van der Waals surface area contributed by atoms with Crippen LogP contribution in [0.5, 0.6) is 0 Å². The number of fused-ring (bicyclic) bond motifs is 1. The quantitative estimate of drug-likeness (QED) is 0.895. The van der Waals surface area contributed by atoms with Crippen molar-refractivity contribution < 1.29 is 9.53 Å². The number of ether oxygens (including phenoxy) is 1. The van der Waals surface area contributed by atoms with Gasteiger partial charge in [0.1, 0.15) is 0 Å². The maximum Gasteiger partial charge on any atom is 0.224 e. The van der Waals surface area contributed by atoms with Gasteiger partial charge in [-0.1, -0.05) is 38.1 Å².